The lowest BCUT2D eigenvalue weighted by Crippen LogP contribution is -2.47. The number of aromatic nitrogens is 3. The number of carbonyl (C=O) groups is 1. The molecule has 1 aromatic carbocycles. The summed E-state index contributed by atoms with van der Waals surface area (Å²) < 4.78 is 119. The monoisotopic (exact) mass is 616 g/mol. The van der Waals surface area contributed by atoms with E-state index in [-0.39, 0.29) is 73.2 Å². The Balaban J connectivity index is 1.29. The quantitative estimate of drug-likeness (QED) is 0.294. The number of aliphatic hydroxyl groups is 1. The lowest BCUT2D eigenvalue weighted by Gasteiger charge is -2.40. The lowest BCUT2D eigenvalue weighted by molar-refractivity contribution is -0.270. The summed E-state index contributed by atoms with van der Waals surface area (Å²) in [6, 6.07) is 1.74. The molecule has 2 aliphatic rings. The van der Waals surface area contributed by atoms with Gasteiger partial charge < -0.3 is 15.0 Å². The summed E-state index contributed by atoms with van der Waals surface area (Å²) in [6.07, 6.45) is -4.20. The zero-order chi connectivity index (χ0) is 30.1. The Morgan fingerprint density at radius 1 is 0.976 bits per heavy atom. The first-order chi connectivity index (χ1) is 18.8. The normalized spacial score (nSPS) is 24.7. The van der Waals surface area contributed by atoms with Gasteiger partial charge in [0.1, 0.15) is 16.5 Å². The van der Waals surface area contributed by atoms with Crippen molar-refractivity contribution < 1.29 is 46.9 Å². The number of likely N-dealkylation sites (tertiary alicyclic amines) is 1. The van der Waals surface area contributed by atoms with Crippen molar-refractivity contribution >= 4 is 27.3 Å². The molecule has 0 radical (unpaired) electrons. The fourth-order valence-electron chi connectivity index (χ4n) is 5.62. The molecular weight excluding hydrogens is 591 g/mol. The summed E-state index contributed by atoms with van der Waals surface area (Å²) in [5.41, 5.74) is -2.25. The van der Waals surface area contributed by atoms with E-state index in [9.17, 15) is 42.5 Å². The Kier molecular flexibility index (Phi) is 6.47. The molecule has 1 amide bonds. The van der Waals surface area contributed by atoms with E-state index in [1.807, 2.05) is 0 Å². The van der Waals surface area contributed by atoms with Crippen LogP contribution < -0.4 is 0 Å². The molecule has 0 spiro atoms. The molecule has 226 valence electrons. The van der Waals surface area contributed by atoms with Crippen molar-refractivity contribution in [2.45, 2.75) is 67.0 Å². The minimum Gasteiger partial charge on any atom is -0.380 e. The second-order valence-corrected chi connectivity index (χ2v) is 13.1. The Morgan fingerprint density at radius 3 is 2.10 bits per heavy atom. The van der Waals surface area contributed by atoms with Crippen molar-refractivity contribution in [2.75, 3.05) is 13.1 Å². The van der Waals surface area contributed by atoms with Gasteiger partial charge in [0.15, 0.2) is 11.2 Å². The number of benzene rings is 1. The molecule has 5 rings (SSSR count). The van der Waals surface area contributed by atoms with E-state index in [0.29, 0.717) is 18.0 Å². The van der Waals surface area contributed by atoms with Crippen molar-refractivity contribution in [1.82, 2.24) is 19.9 Å². The molecule has 2 fully saturated rings. The van der Waals surface area contributed by atoms with Gasteiger partial charge in [0.2, 0.25) is 0 Å². The summed E-state index contributed by atoms with van der Waals surface area (Å²) in [6.45, 7) is 0.214. The van der Waals surface area contributed by atoms with E-state index < -0.39 is 63.3 Å². The molecule has 0 bridgehead atoms. The number of alkyl halides is 3. The van der Waals surface area contributed by atoms with Crippen LogP contribution in [-0.2, 0) is 0 Å². The largest absolute Gasteiger partial charge is 0.417 e. The van der Waals surface area contributed by atoms with Crippen molar-refractivity contribution in [1.29, 1.82) is 0 Å². The van der Waals surface area contributed by atoms with E-state index in [4.69, 9.17) is 0 Å². The zero-order valence-electron chi connectivity index (χ0n) is 21.2. The third-order valence-corrected chi connectivity index (χ3v) is 9.16. The van der Waals surface area contributed by atoms with Gasteiger partial charge in [-0.25, -0.2) is 14.4 Å². The average molecular weight is 617 g/mol. The molecule has 6 nitrogen and oxygen atoms in total. The van der Waals surface area contributed by atoms with Crippen LogP contribution in [0.2, 0.25) is 0 Å². The number of hydrogen-bond acceptors (Lipinski definition) is 4. The van der Waals surface area contributed by atoms with E-state index >= 15 is 4.39 Å². The molecule has 41 heavy (non-hydrogen) atoms. The number of rotatable bonds is 4. The smallest absolute Gasteiger partial charge is 0.380 e. The number of halogens is 9. The number of nitrogens with zero attached hydrogens (tertiary/aromatic N) is 3. The highest BCUT2D eigenvalue weighted by molar-refractivity contribution is 8.45. The van der Waals surface area contributed by atoms with E-state index in [0.717, 1.165) is 6.20 Å². The molecule has 3 aromatic rings. The van der Waals surface area contributed by atoms with Gasteiger partial charge >= 0.3 is 16.4 Å². The van der Waals surface area contributed by atoms with E-state index in [2.05, 4.69) is 15.0 Å². The standard InChI is InChI=1S/C25H25F9N4O2S/c26-18-13-35-22-20(36-21(37-22)15-5-9-24(40,10-6-15)25(27,28)29)19(18)14-7-11-38(12-8-14)23(39)16-1-3-17(4-2-16)41(30,31,32,33)34/h1-4,13-15,40H,5-12H2,(H,35,36,37). The molecule has 1 saturated heterocycles. The van der Waals surface area contributed by atoms with Crippen LogP contribution in [-0.4, -0.2) is 55.7 Å². The van der Waals surface area contributed by atoms with Gasteiger partial charge in [0.05, 0.1) is 11.7 Å². The minimum absolute atomic E-state index is 0.0112. The van der Waals surface area contributed by atoms with Crippen LogP contribution in [0.4, 0.5) is 37.0 Å². The summed E-state index contributed by atoms with van der Waals surface area (Å²) in [5, 5.41) is 9.94. The number of imidazole rings is 1. The van der Waals surface area contributed by atoms with Crippen LogP contribution >= 0.6 is 10.2 Å². The molecule has 2 aromatic heterocycles. The molecule has 3 heterocycles. The minimum atomic E-state index is -9.87. The number of carbonyl (C=O) groups excluding carboxylic acids is 1. The van der Waals surface area contributed by atoms with Crippen LogP contribution in [0.3, 0.4) is 0 Å². The fourth-order valence-corrected chi connectivity index (χ4v) is 6.27. The van der Waals surface area contributed by atoms with Crippen molar-refractivity contribution in [3.63, 3.8) is 0 Å². The molecule has 16 heteroatoms. The number of nitrogens with one attached hydrogen (secondary N) is 1. The van der Waals surface area contributed by atoms with Crippen LogP contribution in [0.25, 0.3) is 11.2 Å². The lowest BCUT2D eigenvalue weighted by atomic mass is 9.78. The van der Waals surface area contributed by atoms with Crippen LogP contribution in [0.15, 0.2) is 35.4 Å². The SMILES string of the molecule is O=C(c1ccc(S(F)(F)(F)(F)F)cc1)N1CCC(c2c(F)cnc3nc(C4CCC(O)(C(F)(F)F)CC4)[nH]c23)CC1. The number of fused-ring (bicyclic) bond motifs is 1. The highest BCUT2D eigenvalue weighted by atomic mass is 32.5. The van der Waals surface area contributed by atoms with Gasteiger partial charge in [-0.15, -0.1) is 0 Å². The van der Waals surface area contributed by atoms with Crippen LogP contribution in [0, 0.1) is 5.82 Å². The molecule has 1 aliphatic heterocycles. The molecule has 1 saturated carbocycles. The van der Waals surface area contributed by atoms with E-state index in [1.54, 1.807) is 0 Å². The van der Waals surface area contributed by atoms with Gasteiger partial charge in [-0.2, -0.15) is 13.2 Å². The predicted molar refractivity (Wildman–Crippen MR) is 132 cm³/mol. The van der Waals surface area contributed by atoms with Crippen LogP contribution in [0.1, 0.15) is 72.1 Å². The Bertz CT molecular complexity index is 1470. The van der Waals surface area contributed by atoms with Crippen molar-refractivity contribution in [3.8, 4) is 0 Å². The molecule has 2 N–H and O–H groups in total. The maximum absolute atomic E-state index is 15.0. The number of H-pyrrole nitrogens is 1. The summed E-state index contributed by atoms with van der Waals surface area (Å²) in [4.78, 5) is 23.4. The third kappa shape index (κ3) is 5.72. The number of pyridine rings is 1. The molecule has 1 aliphatic carbocycles. The predicted octanol–water partition coefficient (Wildman–Crippen LogP) is 7.73. The fraction of sp³-hybridized carbons (Fsp3) is 0.480. The number of hydrogen-bond donors (Lipinski definition) is 2. The van der Waals surface area contributed by atoms with Gasteiger partial charge in [0.25, 0.3) is 5.91 Å². The Hall–Kier alpha value is -3.01. The zero-order valence-corrected chi connectivity index (χ0v) is 22.0. The van der Waals surface area contributed by atoms with Gasteiger partial charge in [-0.1, -0.05) is 19.4 Å². The van der Waals surface area contributed by atoms with Gasteiger partial charge in [0, 0.05) is 30.1 Å². The highest BCUT2D eigenvalue weighted by Gasteiger charge is 2.65. The molecular formula is C25H25F9N4O2S. The third-order valence-electron chi connectivity index (χ3n) is 7.99. The maximum atomic E-state index is 15.0. The summed E-state index contributed by atoms with van der Waals surface area (Å²) >= 11 is 0. The number of aromatic amines is 1. The summed E-state index contributed by atoms with van der Waals surface area (Å²) in [5.74, 6) is -1.79. The highest BCUT2D eigenvalue weighted by Crippen LogP contribution is 3.02. The summed E-state index contributed by atoms with van der Waals surface area (Å²) in [7, 11) is -9.87. The Labute approximate surface area is 227 Å². The second-order valence-electron chi connectivity index (χ2n) is 10.7. The van der Waals surface area contributed by atoms with Gasteiger partial charge in [-0.3, -0.25) is 4.79 Å². The molecule has 0 unspecified atom stereocenters. The number of piperidine rings is 1. The second kappa shape index (κ2) is 8.99. The first-order valence-electron chi connectivity index (χ1n) is 12.7. The Morgan fingerprint density at radius 2 is 1.56 bits per heavy atom. The van der Waals surface area contributed by atoms with Gasteiger partial charge in [-0.05, 0) is 68.7 Å². The average Bonchev–Trinajstić information content (AvgIpc) is 3.31. The maximum Gasteiger partial charge on any atom is 0.417 e. The van der Waals surface area contributed by atoms with E-state index in [1.165, 1.54) is 4.90 Å². The van der Waals surface area contributed by atoms with Crippen molar-refractivity contribution in [2.24, 2.45) is 0 Å². The first-order valence-corrected chi connectivity index (χ1v) is 14.7. The molecule has 0 atom stereocenters. The topological polar surface area (TPSA) is 82.1 Å². The first kappa shape index (κ1) is 29.5. The van der Waals surface area contributed by atoms with Crippen LogP contribution in [0.5, 0.6) is 0 Å². The van der Waals surface area contributed by atoms with Crippen molar-refractivity contribution in [3.05, 3.63) is 53.2 Å². The number of amides is 1.